The van der Waals surface area contributed by atoms with Gasteiger partial charge in [-0.2, -0.15) is 5.10 Å². The highest BCUT2D eigenvalue weighted by molar-refractivity contribution is 5.88. The van der Waals surface area contributed by atoms with Crippen molar-refractivity contribution in [3.63, 3.8) is 0 Å². The second-order valence-electron chi connectivity index (χ2n) is 7.45. The van der Waals surface area contributed by atoms with Crippen LogP contribution in [0.15, 0.2) is 6.20 Å². The second-order valence-corrected chi connectivity index (χ2v) is 7.45. The molecule has 0 radical (unpaired) electrons. The summed E-state index contributed by atoms with van der Waals surface area (Å²) < 4.78 is 2.04. The molecule has 1 fully saturated rings. The first-order valence-electron chi connectivity index (χ1n) is 9.72. The highest BCUT2D eigenvalue weighted by atomic mass is 16.2. The van der Waals surface area contributed by atoms with Crippen LogP contribution in [0.25, 0.3) is 0 Å². The Morgan fingerprint density at radius 1 is 1.28 bits per heavy atom. The molecule has 1 aromatic heterocycles. The fourth-order valence-electron chi connectivity index (χ4n) is 4.07. The average Bonchev–Trinajstić information content (AvgIpc) is 3.04. The summed E-state index contributed by atoms with van der Waals surface area (Å²) in [7, 11) is 0. The van der Waals surface area contributed by atoms with Gasteiger partial charge >= 0.3 is 0 Å². The van der Waals surface area contributed by atoms with Gasteiger partial charge in [0.2, 0.25) is 11.8 Å². The molecule has 6 heteroatoms. The Morgan fingerprint density at radius 2 is 2.04 bits per heavy atom. The van der Waals surface area contributed by atoms with Crippen LogP contribution in [-0.2, 0) is 29.0 Å². The molecule has 0 bridgehead atoms. The molecule has 2 amide bonds. The first-order valence-corrected chi connectivity index (χ1v) is 9.72. The number of hydrogen-bond acceptors (Lipinski definition) is 3. The van der Waals surface area contributed by atoms with Gasteiger partial charge in [-0.05, 0) is 51.5 Å². The van der Waals surface area contributed by atoms with E-state index in [4.69, 9.17) is 0 Å². The molecule has 2 N–H and O–H groups in total. The monoisotopic (exact) mass is 346 g/mol. The van der Waals surface area contributed by atoms with Crippen LogP contribution in [0.5, 0.6) is 0 Å². The number of carbonyl (C=O) groups is 2. The largest absolute Gasteiger partial charge is 0.351 e. The fraction of sp³-hybridized carbons (Fsp3) is 0.737. The quantitative estimate of drug-likeness (QED) is 0.856. The van der Waals surface area contributed by atoms with Crippen LogP contribution >= 0.6 is 0 Å². The third-order valence-electron chi connectivity index (χ3n) is 5.61. The van der Waals surface area contributed by atoms with E-state index in [0.717, 1.165) is 51.5 Å². The lowest BCUT2D eigenvalue weighted by atomic mass is 9.88. The van der Waals surface area contributed by atoms with Crippen LogP contribution in [-0.4, -0.2) is 33.7 Å². The third-order valence-corrected chi connectivity index (χ3v) is 5.61. The van der Waals surface area contributed by atoms with Gasteiger partial charge in [0.05, 0.1) is 6.20 Å². The van der Waals surface area contributed by atoms with Gasteiger partial charge in [-0.3, -0.25) is 14.3 Å². The molecule has 0 spiro atoms. The molecule has 1 heterocycles. The third kappa shape index (κ3) is 4.22. The first kappa shape index (κ1) is 18.0. The summed E-state index contributed by atoms with van der Waals surface area (Å²) in [5.41, 5.74) is 2.53. The maximum Gasteiger partial charge on any atom is 0.242 e. The van der Waals surface area contributed by atoms with E-state index in [2.05, 4.69) is 22.7 Å². The van der Waals surface area contributed by atoms with Crippen molar-refractivity contribution in [1.82, 2.24) is 20.4 Å². The zero-order chi connectivity index (χ0) is 17.8. The number of hydrogen-bond donors (Lipinski definition) is 2. The molecular weight excluding hydrogens is 316 g/mol. The highest BCUT2D eigenvalue weighted by Gasteiger charge is 2.27. The molecule has 2 aliphatic rings. The zero-order valence-electron chi connectivity index (χ0n) is 15.4. The number of fused-ring (bicyclic) bond motifs is 1. The van der Waals surface area contributed by atoms with Crippen LogP contribution in [0.3, 0.4) is 0 Å². The van der Waals surface area contributed by atoms with Crippen LogP contribution in [0.4, 0.5) is 0 Å². The normalized spacial score (nSPS) is 22.1. The fourth-order valence-corrected chi connectivity index (χ4v) is 4.07. The second kappa shape index (κ2) is 8.02. The molecule has 2 aliphatic carbocycles. The van der Waals surface area contributed by atoms with E-state index < -0.39 is 6.04 Å². The molecule has 2 atom stereocenters. The average molecular weight is 346 g/mol. The van der Waals surface area contributed by atoms with Crippen molar-refractivity contribution in [2.75, 3.05) is 0 Å². The molecule has 1 unspecified atom stereocenters. The van der Waals surface area contributed by atoms with Crippen LogP contribution in [0, 0.1) is 5.92 Å². The van der Waals surface area contributed by atoms with E-state index in [9.17, 15) is 9.59 Å². The number of amides is 2. The Balaban J connectivity index is 1.49. The standard InChI is InChI=1S/C19H30N4O2/c1-3-23-17-10-9-16(11-15(17)12-20-23)22-18(24)13(2)21-19(25)14-7-5-4-6-8-14/h12-14,16H,3-11H2,1-2H3,(H,21,25)(H,22,24)/t13-,16?/m0/s1. The predicted octanol–water partition coefficient (Wildman–Crippen LogP) is 1.96. The minimum absolute atomic E-state index is 0.0394. The van der Waals surface area contributed by atoms with E-state index in [1.165, 1.54) is 17.7 Å². The zero-order valence-corrected chi connectivity index (χ0v) is 15.4. The number of aryl methyl sites for hydroxylation is 1. The smallest absolute Gasteiger partial charge is 0.242 e. The Morgan fingerprint density at radius 3 is 2.76 bits per heavy atom. The molecule has 0 aliphatic heterocycles. The van der Waals surface area contributed by atoms with Gasteiger partial charge in [-0.25, -0.2) is 0 Å². The van der Waals surface area contributed by atoms with Gasteiger partial charge in [0.15, 0.2) is 0 Å². The summed E-state index contributed by atoms with van der Waals surface area (Å²) in [5.74, 6) is 0.0408. The van der Waals surface area contributed by atoms with Crippen molar-refractivity contribution in [1.29, 1.82) is 0 Å². The SMILES string of the molecule is CCn1ncc2c1CCC(NC(=O)[C@H](C)NC(=O)C1CCCCC1)C2. The predicted molar refractivity (Wildman–Crippen MR) is 96.0 cm³/mol. The van der Waals surface area contributed by atoms with Gasteiger partial charge in [-0.1, -0.05) is 19.3 Å². The van der Waals surface area contributed by atoms with E-state index >= 15 is 0 Å². The van der Waals surface area contributed by atoms with Gasteiger partial charge in [0.25, 0.3) is 0 Å². The Bertz CT molecular complexity index is 619. The van der Waals surface area contributed by atoms with E-state index in [0.29, 0.717) is 0 Å². The summed E-state index contributed by atoms with van der Waals surface area (Å²) in [5, 5.41) is 10.4. The van der Waals surface area contributed by atoms with Gasteiger partial charge in [0.1, 0.15) is 6.04 Å². The number of nitrogens with one attached hydrogen (secondary N) is 2. The summed E-state index contributed by atoms with van der Waals surface area (Å²) in [4.78, 5) is 24.8. The summed E-state index contributed by atoms with van der Waals surface area (Å²) >= 11 is 0. The minimum atomic E-state index is -0.478. The van der Waals surface area contributed by atoms with E-state index in [-0.39, 0.29) is 23.8 Å². The molecule has 0 saturated heterocycles. The van der Waals surface area contributed by atoms with Crippen molar-refractivity contribution in [3.05, 3.63) is 17.5 Å². The molecule has 3 rings (SSSR count). The summed E-state index contributed by atoms with van der Waals surface area (Å²) in [6, 6.07) is -0.349. The lowest BCUT2D eigenvalue weighted by molar-refractivity contribution is -0.131. The molecular formula is C19H30N4O2. The lowest BCUT2D eigenvalue weighted by Crippen LogP contribution is -2.50. The maximum absolute atomic E-state index is 12.5. The van der Waals surface area contributed by atoms with E-state index in [1.807, 2.05) is 10.9 Å². The van der Waals surface area contributed by atoms with Crippen LogP contribution < -0.4 is 10.6 Å². The number of nitrogens with zero attached hydrogens (tertiary/aromatic N) is 2. The molecule has 0 aromatic carbocycles. The molecule has 25 heavy (non-hydrogen) atoms. The Labute approximate surface area is 149 Å². The maximum atomic E-state index is 12.5. The Kier molecular flexibility index (Phi) is 5.76. The van der Waals surface area contributed by atoms with Gasteiger partial charge in [0, 0.05) is 24.2 Å². The van der Waals surface area contributed by atoms with Crippen molar-refractivity contribution in [3.8, 4) is 0 Å². The van der Waals surface area contributed by atoms with Gasteiger partial charge in [-0.15, -0.1) is 0 Å². The van der Waals surface area contributed by atoms with Crippen molar-refractivity contribution < 1.29 is 9.59 Å². The van der Waals surface area contributed by atoms with Crippen molar-refractivity contribution in [2.45, 2.75) is 83.8 Å². The van der Waals surface area contributed by atoms with E-state index in [1.54, 1.807) is 6.92 Å². The molecule has 1 saturated carbocycles. The highest BCUT2D eigenvalue weighted by Crippen LogP contribution is 2.24. The van der Waals surface area contributed by atoms with Crippen molar-refractivity contribution >= 4 is 11.8 Å². The van der Waals surface area contributed by atoms with Crippen molar-refractivity contribution in [2.24, 2.45) is 5.92 Å². The Hall–Kier alpha value is -1.85. The van der Waals surface area contributed by atoms with Gasteiger partial charge < -0.3 is 10.6 Å². The molecule has 1 aromatic rings. The minimum Gasteiger partial charge on any atom is -0.351 e. The summed E-state index contributed by atoms with van der Waals surface area (Å²) in [6.45, 7) is 4.76. The number of carbonyl (C=O) groups excluding carboxylic acids is 2. The molecule has 138 valence electrons. The lowest BCUT2D eigenvalue weighted by Gasteiger charge is -2.27. The van der Waals surface area contributed by atoms with Crippen LogP contribution in [0.2, 0.25) is 0 Å². The molecule has 6 nitrogen and oxygen atoms in total. The summed E-state index contributed by atoms with van der Waals surface area (Å²) in [6.07, 6.45) is 9.97. The first-order chi connectivity index (χ1) is 12.1. The number of aromatic nitrogens is 2. The topological polar surface area (TPSA) is 76.0 Å². The number of rotatable bonds is 5. The van der Waals surface area contributed by atoms with Crippen LogP contribution in [0.1, 0.15) is 63.6 Å².